The van der Waals surface area contributed by atoms with Crippen LogP contribution in [0.5, 0.6) is 0 Å². The number of carboxylic acid groups (broad SMARTS) is 1. The molecule has 0 heterocycles. The standard InChI is InChI=1S/C15H23NO2/c1-4-5-12-6-8-13(9-7-12)15(2,3)11-16-10-14(17)18/h6-9,16H,4-5,10-11H2,1-3H3,(H,17,18). The van der Waals surface area contributed by atoms with Gasteiger partial charge in [-0.15, -0.1) is 0 Å². The Balaban J connectivity index is 2.63. The number of aryl methyl sites for hydroxylation is 1. The van der Waals surface area contributed by atoms with E-state index < -0.39 is 5.97 Å². The van der Waals surface area contributed by atoms with Gasteiger partial charge in [-0.05, 0) is 17.5 Å². The van der Waals surface area contributed by atoms with Gasteiger partial charge in [-0.2, -0.15) is 0 Å². The Morgan fingerprint density at radius 3 is 2.39 bits per heavy atom. The summed E-state index contributed by atoms with van der Waals surface area (Å²) in [5.41, 5.74) is 2.54. The Hall–Kier alpha value is -1.35. The molecule has 18 heavy (non-hydrogen) atoms. The largest absolute Gasteiger partial charge is 0.480 e. The summed E-state index contributed by atoms with van der Waals surface area (Å²) in [5, 5.41) is 11.6. The van der Waals surface area contributed by atoms with Crippen LogP contribution in [0.15, 0.2) is 24.3 Å². The van der Waals surface area contributed by atoms with Gasteiger partial charge in [0.1, 0.15) is 0 Å². The summed E-state index contributed by atoms with van der Waals surface area (Å²) in [5.74, 6) is -0.816. The van der Waals surface area contributed by atoms with Crippen molar-refractivity contribution in [3.05, 3.63) is 35.4 Å². The van der Waals surface area contributed by atoms with Crippen molar-refractivity contribution in [3.63, 3.8) is 0 Å². The molecule has 0 saturated heterocycles. The first-order valence-electron chi connectivity index (χ1n) is 6.47. The topological polar surface area (TPSA) is 49.3 Å². The lowest BCUT2D eigenvalue weighted by Crippen LogP contribution is -2.35. The van der Waals surface area contributed by atoms with Crippen molar-refractivity contribution in [2.24, 2.45) is 0 Å². The highest BCUT2D eigenvalue weighted by Gasteiger charge is 2.20. The Bertz CT molecular complexity index is 382. The Morgan fingerprint density at radius 1 is 1.28 bits per heavy atom. The quantitative estimate of drug-likeness (QED) is 0.781. The summed E-state index contributed by atoms with van der Waals surface area (Å²) in [6.45, 7) is 7.09. The fraction of sp³-hybridized carbons (Fsp3) is 0.533. The lowest BCUT2D eigenvalue weighted by Gasteiger charge is -2.25. The van der Waals surface area contributed by atoms with Crippen LogP contribution in [0, 0.1) is 0 Å². The summed E-state index contributed by atoms with van der Waals surface area (Å²) in [7, 11) is 0. The molecule has 1 rings (SSSR count). The van der Waals surface area contributed by atoms with E-state index in [1.807, 2.05) is 0 Å². The van der Waals surface area contributed by atoms with E-state index in [0.717, 1.165) is 12.8 Å². The highest BCUT2D eigenvalue weighted by Crippen LogP contribution is 2.22. The second-order valence-corrected chi connectivity index (χ2v) is 5.33. The van der Waals surface area contributed by atoms with Crippen LogP contribution in [-0.2, 0) is 16.6 Å². The van der Waals surface area contributed by atoms with Crippen LogP contribution in [0.3, 0.4) is 0 Å². The van der Waals surface area contributed by atoms with E-state index in [2.05, 4.69) is 50.4 Å². The van der Waals surface area contributed by atoms with Crippen molar-refractivity contribution in [2.45, 2.75) is 39.0 Å². The third kappa shape index (κ3) is 4.49. The third-order valence-corrected chi connectivity index (χ3v) is 3.12. The molecule has 0 amide bonds. The van der Waals surface area contributed by atoms with Gasteiger partial charge in [0.05, 0.1) is 6.54 Å². The smallest absolute Gasteiger partial charge is 0.317 e. The van der Waals surface area contributed by atoms with Crippen LogP contribution in [-0.4, -0.2) is 24.2 Å². The Kier molecular flexibility index (Phi) is 5.35. The predicted molar refractivity (Wildman–Crippen MR) is 74.0 cm³/mol. The third-order valence-electron chi connectivity index (χ3n) is 3.12. The molecule has 3 nitrogen and oxygen atoms in total. The fourth-order valence-electron chi connectivity index (χ4n) is 2.00. The van der Waals surface area contributed by atoms with Gasteiger partial charge in [-0.1, -0.05) is 51.5 Å². The number of hydrogen-bond acceptors (Lipinski definition) is 2. The van der Waals surface area contributed by atoms with Crippen molar-refractivity contribution in [2.75, 3.05) is 13.1 Å². The highest BCUT2D eigenvalue weighted by molar-refractivity contribution is 5.69. The van der Waals surface area contributed by atoms with E-state index in [4.69, 9.17) is 5.11 Å². The molecular formula is C15H23NO2. The molecule has 0 atom stereocenters. The molecule has 0 spiro atoms. The van der Waals surface area contributed by atoms with E-state index in [0.29, 0.717) is 6.54 Å². The van der Waals surface area contributed by atoms with E-state index in [9.17, 15) is 4.79 Å². The zero-order valence-corrected chi connectivity index (χ0v) is 11.5. The van der Waals surface area contributed by atoms with Gasteiger partial charge >= 0.3 is 5.97 Å². The predicted octanol–water partition coefficient (Wildman–Crippen LogP) is 2.59. The molecule has 0 aliphatic carbocycles. The Morgan fingerprint density at radius 2 is 1.89 bits per heavy atom. The molecule has 0 aliphatic rings. The summed E-state index contributed by atoms with van der Waals surface area (Å²) < 4.78 is 0. The van der Waals surface area contributed by atoms with Gasteiger partial charge in [0.25, 0.3) is 0 Å². The average molecular weight is 249 g/mol. The molecule has 1 aromatic rings. The van der Waals surface area contributed by atoms with Gasteiger partial charge in [0.2, 0.25) is 0 Å². The van der Waals surface area contributed by atoms with Gasteiger partial charge < -0.3 is 10.4 Å². The lowest BCUT2D eigenvalue weighted by molar-refractivity contribution is -0.136. The summed E-state index contributed by atoms with van der Waals surface area (Å²) in [4.78, 5) is 10.5. The van der Waals surface area contributed by atoms with Gasteiger partial charge in [-0.3, -0.25) is 4.79 Å². The molecule has 0 aliphatic heterocycles. The maximum Gasteiger partial charge on any atom is 0.317 e. The maximum atomic E-state index is 10.5. The number of hydrogen-bond donors (Lipinski definition) is 2. The van der Waals surface area contributed by atoms with Gasteiger partial charge in [0.15, 0.2) is 0 Å². The molecule has 2 N–H and O–H groups in total. The molecular weight excluding hydrogens is 226 g/mol. The summed E-state index contributed by atoms with van der Waals surface area (Å²) in [6, 6.07) is 8.62. The minimum absolute atomic E-state index is 0.0113. The van der Waals surface area contributed by atoms with E-state index >= 15 is 0 Å². The van der Waals surface area contributed by atoms with Crippen molar-refractivity contribution in [3.8, 4) is 0 Å². The second kappa shape index (κ2) is 6.55. The monoisotopic (exact) mass is 249 g/mol. The van der Waals surface area contributed by atoms with E-state index in [1.54, 1.807) is 0 Å². The highest BCUT2D eigenvalue weighted by atomic mass is 16.4. The van der Waals surface area contributed by atoms with Crippen LogP contribution < -0.4 is 5.32 Å². The Labute approximate surface area is 109 Å². The minimum atomic E-state index is -0.816. The average Bonchev–Trinajstić information content (AvgIpc) is 2.29. The number of carbonyl (C=O) groups is 1. The number of carboxylic acids is 1. The van der Waals surface area contributed by atoms with Gasteiger partial charge in [0, 0.05) is 12.0 Å². The number of benzene rings is 1. The second-order valence-electron chi connectivity index (χ2n) is 5.33. The van der Waals surface area contributed by atoms with Crippen molar-refractivity contribution < 1.29 is 9.90 Å². The first-order chi connectivity index (χ1) is 8.45. The van der Waals surface area contributed by atoms with Crippen molar-refractivity contribution in [1.82, 2.24) is 5.32 Å². The van der Waals surface area contributed by atoms with Crippen LogP contribution in [0.2, 0.25) is 0 Å². The number of rotatable bonds is 7. The maximum absolute atomic E-state index is 10.5. The number of aliphatic carboxylic acids is 1. The van der Waals surface area contributed by atoms with E-state index in [1.165, 1.54) is 11.1 Å². The fourth-order valence-corrected chi connectivity index (χ4v) is 2.00. The number of nitrogens with one attached hydrogen (secondary N) is 1. The van der Waals surface area contributed by atoms with Crippen LogP contribution in [0.4, 0.5) is 0 Å². The molecule has 1 aromatic carbocycles. The molecule has 0 fully saturated rings. The normalized spacial score (nSPS) is 11.5. The molecule has 0 radical (unpaired) electrons. The van der Waals surface area contributed by atoms with Crippen LogP contribution in [0.25, 0.3) is 0 Å². The van der Waals surface area contributed by atoms with Crippen LogP contribution >= 0.6 is 0 Å². The summed E-state index contributed by atoms with van der Waals surface area (Å²) in [6.07, 6.45) is 2.26. The zero-order chi connectivity index (χ0) is 13.6. The molecule has 0 aromatic heterocycles. The molecule has 0 bridgehead atoms. The van der Waals surface area contributed by atoms with Crippen LogP contribution in [0.1, 0.15) is 38.3 Å². The minimum Gasteiger partial charge on any atom is -0.480 e. The SMILES string of the molecule is CCCc1ccc(C(C)(C)CNCC(=O)O)cc1. The first kappa shape index (κ1) is 14.7. The molecule has 3 heteroatoms. The van der Waals surface area contributed by atoms with Crippen molar-refractivity contribution >= 4 is 5.97 Å². The lowest BCUT2D eigenvalue weighted by atomic mass is 9.84. The van der Waals surface area contributed by atoms with Gasteiger partial charge in [-0.25, -0.2) is 0 Å². The molecule has 100 valence electrons. The summed E-state index contributed by atoms with van der Waals surface area (Å²) >= 11 is 0. The first-order valence-corrected chi connectivity index (χ1v) is 6.47. The van der Waals surface area contributed by atoms with Crippen molar-refractivity contribution in [1.29, 1.82) is 0 Å². The zero-order valence-electron chi connectivity index (χ0n) is 11.5. The van der Waals surface area contributed by atoms with E-state index in [-0.39, 0.29) is 12.0 Å². The molecule has 0 unspecified atom stereocenters. The molecule has 0 saturated carbocycles.